The van der Waals surface area contributed by atoms with Crippen LogP contribution in [0.2, 0.25) is 5.02 Å². The molecule has 1 N–H and O–H groups in total. The molecular weight excluding hydrogens is 434 g/mol. The van der Waals surface area contributed by atoms with Gasteiger partial charge >= 0.3 is 11.6 Å². The van der Waals surface area contributed by atoms with Gasteiger partial charge in [0.1, 0.15) is 24.0 Å². The van der Waals surface area contributed by atoms with E-state index in [4.69, 9.17) is 25.5 Å². The minimum Gasteiger partial charge on any atom is -0.497 e. The van der Waals surface area contributed by atoms with Gasteiger partial charge in [-0.05, 0) is 54.8 Å². The van der Waals surface area contributed by atoms with Gasteiger partial charge in [0.25, 0.3) is 5.91 Å². The van der Waals surface area contributed by atoms with Crippen LogP contribution in [-0.2, 0) is 16.1 Å². The predicted molar refractivity (Wildman–Crippen MR) is 121 cm³/mol. The number of nitrogens with one attached hydrogen (secondary N) is 1. The topological polar surface area (TPSA) is 94.8 Å². The Labute approximate surface area is 190 Å². The number of carbonyl (C=O) groups is 2. The van der Waals surface area contributed by atoms with Crippen LogP contribution in [0.25, 0.3) is 11.0 Å². The van der Waals surface area contributed by atoms with Gasteiger partial charge in [0, 0.05) is 27.6 Å². The summed E-state index contributed by atoms with van der Waals surface area (Å²) >= 11 is 6.21. The third-order valence-corrected chi connectivity index (χ3v) is 5.45. The van der Waals surface area contributed by atoms with Crippen molar-refractivity contribution < 1.29 is 23.5 Å². The summed E-state index contributed by atoms with van der Waals surface area (Å²) in [6, 6.07) is 10.3. The molecule has 1 unspecified atom stereocenters. The largest absolute Gasteiger partial charge is 0.497 e. The van der Waals surface area contributed by atoms with E-state index in [0.717, 1.165) is 5.56 Å². The monoisotopic (exact) mass is 457 g/mol. The number of esters is 1. The molecule has 0 saturated carbocycles. The molecule has 3 rings (SSSR count). The maximum atomic E-state index is 12.8. The Morgan fingerprint density at radius 3 is 2.44 bits per heavy atom. The van der Waals surface area contributed by atoms with Gasteiger partial charge in [-0.25, -0.2) is 9.59 Å². The van der Waals surface area contributed by atoms with Crippen LogP contribution in [0.4, 0.5) is 0 Å². The second-order valence-electron chi connectivity index (χ2n) is 7.72. The number of methoxy groups -OCH3 is 1. The number of amides is 1. The molecule has 0 fully saturated rings. The summed E-state index contributed by atoms with van der Waals surface area (Å²) in [5.41, 5.74) is 1.42. The molecule has 0 aliphatic heterocycles. The standard InChI is InChI=1S/C24H24ClNO6/c1-13(2)22(26-23(28)15-5-7-17(30-4)8-6-15)24(29)31-12-16-10-21(27)32-20-9-14(3)19(25)11-18(16)20/h5-11,13,22H,12H2,1-4H3,(H,26,28). The number of fused-ring (bicyclic) bond motifs is 1. The zero-order valence-corrected chi connectivity index (χ0v) is 19.0. The minimum absolute atomic E-state index is 0.165. The summed E-state index contributed by atoms with van der Waals surface area (Å²) in [5.74, 6) is -0.617. The normalized spacial score (nSPS) is 11.9. The molecule has 0 saturated heterocycles. The number of carbonyl (C=O) groups excluding carboxylic acids is 2. The van der Waals surface area contributed by atoms with Crippen molar-refractivity contribution in [1.82, 2.24) is 5.32 Å². The molecule has 0 aliphatic rings. The van der Waals surface area contributed by atoms with Crippen LogP contribution in [0, 0.1) is 12.8 Å². The second kappa shape index (κ2) is 9.87. The molecule has 1 atom stereocenters. The lowest BCUT2D eigenvalue weighted by Crippen LogP contribution is -2.45. The number of aryl methyl sites for hydroxylation is 1. The highest BCUT2D eigenvalue weighted by Crippen LogP contribution is 2.25. The number of hydrogen-bond acceptors (Lipinski definition) is 6. The fourth-order valence-corrected chi connectivity index (χ4v) is 3.33. The van der Waals surface area contributed by atoms with Crippen LogP contribution in [0.5, 0.6) is 5.75 Å². The second-order valence-corrected chi connectivity index (χ2v) is 8.13. The Hall–Kier alpha value is -3.32. The van der Waals surface area contributed by atoms with E-state index in [1.807, 2.05) is 0 Å². The first-order valence-corrected chi connectivity index (χ1v) is 10.4. The Balaban J connectivity index is 1.76. The van der Waals surface area contributed by atoms with Gasteiger partial charge in [0.15, 0.2) is 0 Å². The lowest BCUT2D eigenvalue weighted by molar-refractivity contribution is -0.148. The lowest BCUT2D eigenvalue weighted by atomic mass is 10.0. The average Bonchev–Trinajstić information content (AvgIpc) is 2.76. The fraction of sp³-hybridized carbons (Fsp3) is 0.292. The smallest absolute Gasteiger partial charge is 0.336 e. The van der Waals surface area contributed by atoms with Crippen molar-refractivity contribution in [3.63, 3.8) is 0 Å². The summed E-state index contributed by atoms with van der Waals surface area (Å²) in [6.07, 6.45) is 0. The lowest BCUT2D eigenvalue weighted by Gasteiger charge is -2.21. The predicted octanol–water partition coefficient (Wildman–Crippen LogP) is 4.26. The summed E-state index contributed by atoms with van der Waals surface area (Å²) < 4.78 is 15.8. The maximum absolute atomic E-state index is 12.8. The Kier molecular flexibility index (Phi) is 7.20. The molecule has 1 aromatic heterocycles. The van der Waals surface area contributed by atoms with Crippen LogP contribution in [0.15, 0.2) is 51.7 Å². The van der Waals surface area contributed by atoms with E-state index in [9.17, 15) is 14.4 Å². The highest BCUT2D eigenvalue weighted by molar-refractivity contribution is 6.32. The van der Waals surface area contributed by atoms with Gasteiger partial charge in [0.2, 0.25) is 0 Å². The first kappa shape index (κ1) is 23.3. The van der Waals surface area contributed by atoms with Gasteiger partial charge in [-0.2, -0.15) is 0 Å². The third-order valence-electron chi connectivity index (χ3n) is 5.04. The van der Waals surface area contributed by atoms with E-state index in [2.05, 4.69) is 5.32 Å². The van der Waals surface area contributed by atoms with Gasteiger partial charge in [-0.3, -0.25) is 4.79 Å². The van der Waals surface area contributed by atoms with Crippen LogP contribution in [-0.4, -0.2) is 25.0 Å². The van der Waals surface area contributed by atoms with Gasteiger partial charge in [-0.1, -0.05) is 25.4 Å². The molecule has 0 aliphatic carbocycles. The molecule has 0 radical (unpaired) electrons. The fourth-order valence-electron chi connectivity index (χ4n) is 3.17. The molecule has 168 valence electrons. The molecule has 1 amide bonds. The van der Waals surface area contributed by atoms with Crippen molar-refractivity contribution >= 4 is 34.4 Å². The van der Waals surface area contributed by atoms with Crippen LogP contribution < -0.4 is 15.7 Å². The Bertz CT molecular complexity index is 1200. The van der Waals surface area contributed by atoms with Crippen molar-refractivity contribution in [3.05, 3.63) is 74.6 Å². The van der Waals surface area contributed by atoms with E-state index >= 15 is 0 Å². The molecular formula is C24H24ClNO6. The Morgan fingerprint density at radius 1 is 1.12 bits per heavy atom. The first-order chi connectivity index (χ1) is 15.2. The van der Waals surface area contributed by atoms with Crippen molar-refractivity contribution in [2.45, 2.75) is 33.4 Å². The molecule has 8 heteroatoms. The van der Waals surface area contributed by atoms with Gasteiger partial charge in [-0.15, -0.1) is 0 Å². The van der Waals surface area contributed by atoms with Crippen molar-refractivity contribution in [3.8, 4) is 5.75 Å². The molecule has 32 heavy (non-hydrogen) atoms. The zero-order chi connectivity index (χ0) is 23.4. The summed E-state index contributed by atoms with van der Waals surface area (Å²) in [5, 5.41) is 3.80. The van der Waals surface area contributed by atoms with E-state index in [0.29, 0.717) is 32.9 Å². The minimum atomic E-state index is -0.873. The van der Waals surface area contributed by atoms with E-state index in [1.54, 1.807) is 57.2 Å². The van der Waals surface area contributed by atoms with Crippen LogP contribution in [0.3, 0.4) is 0 Å². The van der Waals surface area contributed by atoms with Gasteiger partial charge < -0.3 is 19.2 Å². The molecule has 3 aromatic rings. The van der Waals surface area contributed by atoms with Gasteiger partial charge in [0.05, 0.1) is 7.11 Å². The third kappa shape index (κ3) is 5.29. The van der Waals surface area contributed by atoms with E-state index in [-0.39, 0.29) is 12.5 Å². The molecule has 0 bridgehead atoms. The van der Waals surface area contributed by atoms with Crippen molar-refractivity contribution in [1.29, 1.82) is 0 Å². The molecule has 0 spiro atoms. The number of hydrogen-bond donors (Lipinski definition) is 1. The number of ether oxygens (including phenoxy) is 2. The quantitative estimate of drug-likeness (QED) is 0.420. The molecule has 7 nitrogen and oxygen atoms in total. The highest BCUT2D eigenvalue weighted by Gasteiger charge is 2.26. The SMILES string of the molecule is COc1ccc(C(=O)NC(C(=O)OCc2cc(=O)oc3cc(C)c(Cl)cc23)C(C)C)cc1. The maximum Gasteiger partial charge on any atom is 0.336 e. The number of halogens is 1. The zero-order valence-electron chi connectivity index (χ0n) is 18.2. The average molecular weight is 458 g/mol. The van der Waals surface area contributed by atoms with Crippen LogP contribution in [0.1, 0.15) is 35.3 Å². The van der Waals surface area contributed by atoms with Crippen molar-refractivity contribution in [2.24, 2.45) is 5.92 Å². The summed E-state index contributed by atoms with van der Waals surface area (Å²) in [6.45, 7) is 5.24. The van der Waals surface area contributed by atoms with Crippen molar-refractivity contribution in [2.75, 3.05) is 7.11 Å². The molecule has 2 aromatic carbocycles. The van der Waals surface area contributed by atoms with E-state index in [1.165, 1.54) is 13.2 Å². The number of benzene rings is 2. The number of rotatable bonds is 7. The van der Waals surface area contributed by atoms with Crippen LogP contribution >= 0.6 is 11.6 Å². The first-order valence-electron chi connectivity index (χ1n) is 10.0. The molecule has 1 heterocycles. The Morgan fingerprint density at radius 2 is 1.81 bits per heavy atom. The summed E-state index contributed by atoms with van der Waals surface area (Å²) in [4.78, 5) is 37.3. The summed E-state index contributed by atoms with van der Waals surface area (Å²) in [7, 11) is 1.54. The van der Waals surface area contributed by atoms with E-state index < -0.39 is 23.5 Å². The highest BCUT2D eigenvalue weighted by atomic mass is 35.5.